The number of nitrogens with zero attached hydrogens (tertiary/aromatic N) is 1. The van der Waals surface area contributed by atoms with Gasteiger partial charge in [0.1, 0.15) is 0 Å². The molecule has 5 nitrogen and oxygen atoms in total. The molecule has 1 atom stereocenters. The van der Waals surface area contributed by atoms with Crippen molar-refractivity contribution >= 4 is 15.9 Å². The molecule has 0 saturated carbocycles. The first-order valence-corrected chi connectivity index (χ1v) is 8.59. The molecule has 1 unspecified atom stereocenters. The molecule has 1 aromatic carbocycles. The Morgan fingerprint density at radius 3 is 2.65 bits per heavy atom. The summed E-state index contributed by atoms with van der Waals surface area (Å²) in [5, 5.41) is 0. The average Bonchev–Trinajstić information content (AvgIpc) is 2.69. The molecule has 0 aromatic heterocycles. The van der Waals surface area contributed by atoms with Gasteiger partial charge < -0.3 is 5.73 Å². The molecule has 1 aliphatic heterocycles. The van der Waals surface area contributed by atoms with Gasteiger partial charge in [-0.25, -0.2) is 12.7 Å². The smallest absolute Gasteiger partial charge is 0.248 e. The zero-order valence-corrected chi connectivity index (χ0v) is 12.2. The minimum atomic E-state index is -3.07. The standard InChI is InChI=1S/C14H18N2O3S/c1-20(18,19)16-7-9(8-16)10-5-6-12-11(10)3-2-4-13(12)14(15)17/h2-4,9-10H,5-8H2,1H3,(H2,15,17). The van der Waals surface area contributed by atoms with E-state index in [2.05, 4.69) is 0 Å². The van der Waals surface area contributed by atoms with Crippen LogP contribution in [0.3, 0.4) is 0 Å². The van der Waals surface area contributed by atoms with Crippen molar-refractivity contribution in [1.82, 2.24) is 4.31 Å². The molecule has 1 aliphatic carbocycles. The molecule has 0 spiro atoms. The van der Waals surface area contributed by atoms with Crippen LogP contribution in [0.15, 0.2) is 18.2 Å². The average molecular weight is 294 g/mol. The maximum Gasteiger partial charge on any atom is 0.248 e. The molecule has 2 N–H and O–H groups in total. The van der Waals surface area contributed by atoms with Crippen molar-refractivity contribution < 1.29 is 13.2 Å². The zero-order chi connectivity index (χ0) is 14.5. The molecule has 1 aromatic rings. The molecular weight excluding hydrogens is 276 g/mol. The highest BCUT2D eigenvalue weighted by Crippen LogP contribution is 2.43. The van der Waals surface area contributed by atoms with E-state index >= 15 is 0 Å². The number of sulfonamides is 1. The molecule has 1 fully saturated rings. The number of carbonyl (C=O) groups excluding carboxylic acids is 1. The lowest BCUT2D eigenvalue weighted by molar-refractivity contribution is 0.0999. The van der Waals surface area contributed by atoms with Gasteiger partial charge in [-0.1, -0.05) is 12.1 Å². The summed E-state index contributed by atoms with van der Waals surface area (Å²) in [6.07, 6.45) is 3.08. The lowest BCUT2D eigenvalue weighted by Gasteiger charge is -2.41. The van der Waals surface area contributed by atoms with E-state index in [1.807, 2.05) is 12.1 Å². The van der Waals surface area contributed by atoms with Crippen LogP contribution in [-0.2, 0) is 16.4 Å². The SMILES string of the molecule is CS(=O)(=O)N1CC(C2CCc3c(C(N)=O)cccc32)C1. The van der Waals surface area contributed by atoms with E-state index in [9.17, 15) is 13.2 Å². The second-order valence-electron chi connectivity index (χ2n) is 5.72. The van der Waals surface area contributed by atoms with Crippen molar-refractivity contribution in [2.45, 2.75) is 18.8 Å². The lowest BCUT2D eigenvalue weighted by Crippen LogP contribution is -2.51. The maximum atomic E-state index is 11.4. The summed E-state index contributed by atoms with van der Waals surface area (Å²) in [4.78, 5) is 11.4. The highest BCUT2D eigenvalue weighted by Gasteiger charge is 2.41. The Morgan fingerprint density at radius 1 is 1.35 bits per heavy atom. The number of benzene rings is 1. The first kappa shape index (κ1) is 13.6. The van der Waals surface area contributed by atoms with Gasteiger partial charge in [-0.05, 0) is 41.9 Å². The van der Waals surface area contributed by atoms with Crippen molar-refractivity contribution in [2.24, 2.45) is 11.7 Å². The zero-order valence-electron chi connectivity index (χ0n) is 11.4. The molecular formula is C14H18N2O3S. The predicted molar refractivity (Wildman–Crippen MR) is 75.9 cm³/mol. The first-order chi connectivity index (χ1) is 9.38. The Labute approximate surface area is 118 Å². The van der Waals surface area contributed by atoms with Crippen molar-refractivity contribution in [1.29, 1.82) is 0 Å². The van der Waals surface area contributed by atoms with E-state index in [0.717, 1.165) is 18.4 Å². The Kier molecular flexibility index (Phi) is 3.10. The Morgan fingerprint density at radius 2 is 2.05 bits per heavy atom. The quantitative estimate of drug-likeness (QED) is 0.891. The fourth-order valence-corrected chi connectivity index (χ4v) is 4.33. The van der Waals surface area contributed by atoms with Crippen LogP contribution in [0.25, 0.3) is 0 Å². The summed E-state index contributed by atoms with van der Waals surface area (Å²) < 4.78 is 24.4. The molecule has 2 aliphatic rings. The number of fused-ring (bicyclic) bond motifs is 1. The van der Waals surface area contributed by atoms with Gasteiger partial charge in [0.05, 0.1) is 6.26 Å². The summed E-state index contributed by atoms with van der Waals surface area (Å²) in [6.45, 7) is 1.17. The number of hydrogen-bond donors (Lipinski definition) is 1. The van der Waals surface area contributed by atoms with Gasteiger partial charge in [0.15, 0.2) is 0 Å². The Balaban J connectivity index is 1.82. The number of primary amides is 1. The van der Waals surface area contributed by atoms with Gasteiger partial charge in [-0.3, -0.25) is 4.79 Å². The van der Waals surface area contributed by atoms with Gasteiger partial charge in [-0.15, -0.1) is 0 Å². The third-order valence-corrected chi connectivity index (χ3v) is 5.73. The van der Waals surface area contributed by atoms with Crippen LogP contribution in [0.4, 0.5) is 0 Å². The van der Waals surface area contributed by atoms with Crippen LogP contribution >= 0.6 is 0 Å². The molecule has 3 rings (SSSR count). The lowest BCUT2D eigenvalue weighted by atomic mass is 9.83. The van der Waals surface area contributed by atoms with Crippen LogP contribution in [0.1, 0.15) is 33.8 Å². The third-order valence-electron chi connectivity index (χ3n) is 4.50. The highest BCUT2D eigenvalue weighted by molar-refractivity contribution is 7.88. The Hall–Kier alpha value is -1.40. The number of hydrogen-bond acceptors (Lipinski definition) is 3. The summed E-state index contributed by atoms with van der Waals surface area (Å²) in [5.41, 5.74) is 8.26. The van der Waals surface area contributed by atoms with Gasteiger partial charge >= 0.3 is 0 Å². The topological polar surface area (TPSA) is 80.5 Å². The first-order valence-electron chi connectivity index (χ1n) is 6.74. The Bertz CT molecular complexity index is 663. The second-order valence-corrected chi connectivity index (χ2v) is 7.71. The van der Waals surface area contributed by atoms with E-state index in [1.54, 1.807) is 6.07 Å². The summed E-state index contributed by atoms with van der Waals surface area (Å²) in [5.74, 6) is 0.324. The molecule has 6 heteroatoms. The summed E-state index contributed by atoms with van der Waals surface area (Å²) in [6, 6.07) is 5.68. The third kappa shape index (κ3) is 2.13. The van der Waals surface area contributed by atoms with Gasteiger partial charge in [0.25, 0.3) is 0 Å². The van der Waals surface area contributed by atoms with Crippen LogP contribution < -0.4 is 5.73 Å². The number of rotatable bonds is 3. The van der Waals surface area contributed by atoms with E-state index in [-0.39, 0.29) is 5.91 Å². The molecule has 108 valence electrons. The van der Waals surface area contributed by atoms with E-state index in [1.165, 1.54) is 16.1 Å². The van der Waals surface area contributed by atoms with Crippen LogP contribution in [-0.4, -0.2) is 38.0 Å². The number of amides is 1. The number of nitrogens with two attached hydrogens (primary N) is 1. The molecule has 1 amide bonds. The summed E-state index contributed by atoms with van der Waals surface area (Å²) in [7, 11) is -3.07. The molecule has 0 bridgehead atoms. The van der Waals surface area contributed by atoms with Crippen LogP contribution in [0.2, 0.25) is 0 Å². The molecule has 1 heterocycles. The number of carbonyl (C=O) groups is 1. The van der Waals surface area contributed by atoms with E-state index in [4.69, 9.17) is 5.73 Å². The van der Waals surface area contributed by atoms with Crippen molar-refractivity contribution in [3.8, 4) is 0 Å². The largest absolute Gasteiger partial charge is 0.366 e. The van der Waals surface area contributed by atoms with Crippen LogP contribution in [0.5, 0.6) is 0 Å². The van der Waals surface area contributed by atoms with Gasteiger partial charge in [0.2, 0.25) is 15.9 Å². The fraction of sp³-hybridized carbons (Fsp3) is 0.500. The predicted octanol–water partition coefficient (Wildman–Crippen LogP) is 0.707. The van der Waals surface area contributed by atoms with Gasteiger partial charge in [0, 0.05) is 18.7 Å². The molecule has 1 saturated heterocycles. The molecule has 0 radical (unpaired) electrons. The van der Waals surface area contributed by atoms with Crippen molar-refractivity contribution in [2.75, 3.05) is 19.3 Å². The van der Waals surface area contributed by atoms with E-state index in [0.29, 0.717) is 30.5 Å². The minimum absolute atomic E-state index is 0.349. The van der Waals surface area contributed by atoms with E-state index < -0.39 is 10.0 Å². The minimum Gasteiger partial charge on any atom is -0.366 e. The molecule has 20 heavy (non-hydrogen) atoms. The second kappa shape index (κ2) is 4.56. The monoisotopic (exact) mass is 294 g/mol. The summed E-state index contributed by atoms with van der Waals surface area (Å²) >= 11 is 0. The van der Waals surface area contributed by atoms with Gasteiger partial charge in [-0.2, -0.15) is 0 Å². The maximum absolute atomic E-state index is 11.4. The normalized spacial score (nSPS) is 23.4. The van der Waals surface area contributed by atoms with Crippen molar-refractivity contribution in [3.63, 3.8) is 0 Å². The highest BCUT2D eigenvalue weighted by atomic mass is 32.2. The fourth-order valence-electron chi connectivity index (χ4n) is 3.40. The van der Waals surface area contributed by atoms with Crippen LogP contribution in [0, 0.1) is 5.92 Å². The van der Waals surface area contributed by atoms with Crippen molar-refractivity contribution in [3.05, 3.63) is 34.9 Å².